The summed E-state index contributed by atoms with van der Waals surface area (Å²) in [5.41, 5.74) is 1.20. The summed E-state index contributed by atoms with van der Waals surface area (Å²) in [5.74, 6) is 0.647. The molecular weight excluding hydrogens is 272 g/mol. The highest BCUT2D eigenvalue weighted by Crippen LogP contribution is 2.21. The minimum absolute atomic E-state index is 0.161. The second-order valence-corrected chi connectivity index (χ2v) is 4.32. The Morgan fingerprint density at radius 2 is 2.31 bits per heavy atom. The average molecular weight is 283 g/mol. The number of hydrogen-bond acceptors (Lipinski definition) is 3. The first kappa shape index (κ1) is 10.9. The first-order valence-electron chi connectivity index (χ1n) is 4.72. The molecule has 0 saturated heterocycles. The average Bonchev–Trinajstić information content (AvgIpc) is 2.65. The Hall–Kier alpha value is -1.56. The van der Waals surface area contributed by atoms with E-state index in [0.717, 1.165) is 10.0 Å². The SMILES string of the molecule is Cc1c(Br)c[nH]c(=O)c1Nc1ccn(C)n1. The monoisotopic (exact) mass is 282 g/mol. The van der Waals surface area contributed by atoms with Crippen molar-refractivity contribution in [3.05, 3.63) is 38.9 Å². The number of aromatic amines is 1. The molecule has 0 aliphatic heterocycles. The third-order valence-corrected chi connectivity index (χ3v) is 3.08. The molecule has 0 bridgehead atoms. The zero-order chi connectivity index (χ0) is 11.7. The first-order chi connectivity index (χ1) is 7.58. The van der Waals surface area contributed by atoms with Gasteiger partial charge in [-0.3, -0.25) is 9.48 Å². The molecule has 0 aliphatic rings. The van der Waals surface area contributed by atoms with Crippen LogP contribution < -0.4 is 10.9 Å². The van der Waals surface area contributed by atoms with Crippen molar-refractivity contribution >= 4 is 27.4 Å². The van der Waals surface area contributed by atoms with Crippen molar-refractivity contribution in [2.75, 3.05) is 5.32 Å². The quantitative estimate of drug-likeness (QED) is 0.885. The third kappa shape index (κ3) is 2.01. The molecule has 0 unspecified atom stereocenters. The predicted molar refractivity (Wildman–Crippen MR) is 66.0 cm³/mol. The van der Waals surface area contributed by atoms with Crippen LogP contribution in [-0.4, -0.2) is 14.8 Å². The first-order valence-corrected chi connectivity index (χ1v) is 5.51. The van der Waals surface area contributed by atoms with E-state index in [-0.39, 0.29) is 5.56 Å². The van der Waals surface area contributed by atoms with E-state index in [1.165, 1.54) is 0 Å². The van der Waals surface area contributed by atoms with Crippen LogP contribution in [0.25, 0.3) is 0 Å². The molecule has 2 aromatic rings. The molecule has 0 radical (unpaired) electrons. The molecule has 0 atom stereocenters. The highest BCUT2D eigenvalue weighted by Gasteiger charge is 2.08. The minimum Gasteiger partial charge on any atom is -0.334 e. The highest BCUT2D eigenvalue weighted by atomic mass is 79.9. The molecule has 0 fully saturated rings. The lowest BCUT2D eigenvalue weighted by Crippen LogP contribution is -2.13. The van der Waals surface area contributed by atoms with Crippen molar-refractivity contribution in [2.24, 2.45) is 7.05 Å². The Labute approximate surface area is 101 Å². The number of hydrogen-bond donors (Lipinski definition) is 2. The number of aryl methyl sites for hydroxylation is 1. The Morgan fingerprint density at radius 3 is 2.94 bits per heavy atom. The van der Waals surface area contributed by atoms with E-state index in [2.05, 4.69) is 31.3 Å². The summed E-state index contributed by atoms with van der Waals surface area (Å²) in [7, 11) is 1.82. The molecule has 2 rings (SSSR count). The van der Waals surface area contributed by atoms with E-state index >= 15 is 0 Å². The summed E-state index contributed by atoms with van der Waals surface area (Å²) >= 11 is 3.36. The molecule has 5 nitrogen and oxygen atoms in total. The van der Waals surface area contributed by atoms with Crippen LogP contribution in [0.15, 0.2) is 27.7 Å². The van der Waals surface area contributed by atoms with Crippen molar-refractivity contribution in [3.8, 4) is 0 Å². The van der Waals surface area contributed by atoms with Crippen LogP contribution in [-0.2, 0) is 7.05 Å². The van der Waals surface area contributed by atoms with Crippen LogP contribution in [0, 0.1) is 6.92 Å². The normalized spacial score (nSPS) is 10.4. The van der Waals surface area contributed by atoms with Crippen LogP contribution in [0.3, 0.4) is 0 Å². The summed E-state index contributed by atoms with van der Waals surface area (Å²) in [6, 6.07) is 1.81. The Bertz CT molecular complexity index is 572. The maximum absolute atomic E-state index is 11.6. The molecule has 2 N–H and O–H groups in total. The number of nitrogens with zero attached hydrogens (tertiary/aromatic N) is 2. The summed E-state index contributed by atoms with van der Waals surface area (Å²) in [4.78, 5) is 14.3. The maximum Gasteiger partial charge on any atom is 0.272 e. The van der Waals surface area contributed by atoms with Gasteiger partial charge in [0.1, 0.15) is 5.69 Å². The van der Waals surface area contributed by atoms with E-state index in [9.17, 15) is 4.79 Å². The van der Waals surface area contributed by atoms with Gasteiger partial charge in [-0.15, -0.1) is 0 Å². The summed E-state index contributed by atoms with van der Waals surface area (Å²) in [5, 5.41) is 7.15. The van der Waals surface area contributed by atoms with E-state index in [1.807, 2.05) is 20.2 Å². The minimum atomic E-state index is -0.161. The third-order valence-electron chi connectivity index (χ3n) is 2.26. The van der Waals surface area contributed by atoms with Gasteiger partial charge in [-0.2, -0.15) is 5.10 Å². The Kier molecular flexibility index (Phi) is 2.82. The van der Waals surface area contributed by atoms with E-state index in [4.69, 9.17) is 0 Å². The fourth-order valence-corrected chi connectivity index (χ4v) is 1.67. The van der Waals surface area contributed by atoms with Crippen molar-refractivity contribution < 1.29 is 0 Å². The lowest BCUT2D eigenvalue weighted by atomic mass is 10.2. The van der Waals surface area contributed by atoms with E-state index < -0.39 is 0 Å². The van der Waals surface area contributed by atoms with Gasteiger partial charge in [-0.05, 0) is 28.4 Å². The topological polar surface area (TPSA) is 62.7 Å². The van der Waals surface area contributed by atoms with Crippen LogP contribution in [0.4, 0.5) is 11.5 Å². The van der Waals surface area contributed by atoms with Crippen molar-refractivity contribution in [3.63, 3.8) is 0 Å². The summed E-state index contributed by atoms with van der Waals surface area (Å²) < 4.78 is 2.52. The summed E-state index contributed by atoms with van der Waals surface area (Å²) in [6.07, 6.45) is 3.44. The number of anilines is 2. The zero-order valence-corrected chi connectivity index (χ0v) is 10.5. The molecule has 0 aromatic carbocycles. The van der Waals surface area contributed by atoms with Crippen LogP contribution in [0.2, 0.25) is 0 Å². The maximum atomic E-state index is 11.6. The smallest absolute Gasteiger partial charge is 0.272 e. The fraction of sp³-hybridized carbons (Fsp3) is 0.200. The Morgan fingerprint density at radius 1 is 1.56 bits per heavy atom. The second-order valence-electron chi connectivity index (χ2n) is 3.47. The number of H-pyrrole nitrogens is 1. The number of pyridine rings is 1. The highest BCUT2D eigenvalue weighted by molar-refractivity contribution is 9.10. The molecule has 0 amide bonds. The standard InChI is InChI=1S/C10H11BrN4O/c1-6-7(11)5-12-10(16)9(6)13-8-3-4-15(2)14-8/h3-5H,1-2H3,(H,12,16)(H,13,14). The van der Waals surface area contributed by atoms with Gasteiger partial charge in [0.2, 0.25) is 0 Å². The molecule has 16 heavy (non-hydrogen) atoms. The van der Waals surface area contributed by atoms with Gasteiger partial charge < -0.3 is 10.3 Å². The fourth-order valence-electron chi connectivity index (χ4n) is 1.36. The number of aromatic nitrogens is 3. The van der Waals surface area contributed by atoms with Crippen molar-refractivity contribution in [2.45, 2.75) is 6.92 Å². The lowest BCUT2D eigenvalue weighted by molar-refractivity contribution is 0.771. The Balaban J connectivity index is 2.41. The zero-order valence-electron chi connectivity index (χ0n) is 8.91. The molecule has 2 aromatic heterocycles. The van der Waals surface area contributed by atoms with Crippen LogP contribution in [0.1, 0.15) is 5.56 Å². The molecular formula is C10H11BrN4O. The van der Waals surface area contributed by atoms with E-state index in [0.29, 0.717) is 11.5 Å². The molecule has 0 saturated carbocycles. The molecule has 84 valence electrons. The lowest BCUT2D eigenvalue weighted by Gasteiger charge is -2.06. The van der Waals surface area contributed by atoms with Crippen LogP contribution in [0.5, 0.6) is 0 Å². The number of nitrogens with one attached hydrogen (secondary N) is 2. The van der Waals surface area contributed by atoms with Crippen molar-refractivity contribution in [1.29, 1.82) is 0 Å². The van der Waals surface area contributed by atoms with Gasteiger partial charge in [-0.1, -0.05) is 0 Å². The predicted octanol–water partition coefficient (Wildman–Crippen LogP) is 1.92. The molecule has 0 aliphatic carbocycles. The van der Waals surface area contributed by atoms with Gasteiger partial charge in [-0.25, -0.2) is 0 Å². The van der Waals surface area contributed by atoms with Crippen molar-refractivity contribution in [1.82, 2.24) is 14.8 Å². The van der Waals surface area contributed by atoms with Gasteiger partial charge in [0, 0.05) is 30.0 Å². The van der Waals surface area contributed by atoms with Crippen LogP contribution >= 0.6 is 15.9 Å². The molecule has 2 heterocycles. The van der Waals surface area contributed by atoms with E-state index in [1.54, 1.807) is 16.9 Å². The second kappa shape index (κ2) is 4.13. The number of halogens is 1. The van der Waals surface area contributed by atoms with Gasteiger partial charge in [0.25, 0.3) is 5.56 Å². The number of rotatable bonds is 2. The molecule has 0 spiro atoms. The van der Waals surface area contributed by atoms with Gasteiger partial charge in [0.05, 0.1) is 0 Å². The molecule has 6 heteroatoms. The van der Waals surface area contributed by atoms with Gasteiger partial charge >= 0.3 is 0 Å². The largest absolute Gasteiger partial charge is 0.334 e. The summed E-state index contributed by atoms with van der Waals surface area (Å²) in [6.45, 7) is 1.87. The van der Waals surface area contributed by atoms with Gasteiger partial charge in [0.15, 0.2) is 5.82 Å².